The number of alkyl halides is 3. The number of para-hydroxylation sites is 1. The number of hydrogen-bond acceptors (Lipinski definition) is 4. The number of rotatable bonds is 6. The summed E-state index contributed by atoms with van der Waals surface area (Å²) >= 11 is 0. The third-order valence-corrected chi connectivity index (χ3v) is 3.15. The lowest BCUT2D eigenvalue weighted by Crippen LogP contribution is -2.36. The fraction of sp³-hybridized carbons (Fsp3) is 0.357. The monoisotopic (exact) mass is 344 g/mol. The first kappa shape index (κ1) is 17.6. The Morgan fingerprint density at radius 2 is 2.08 bits per heavy atom. The second kappa shape index (κ2) is 7.20. The maximum atomic E-state index is 12.9. The number of ether oxygens (including phenoxy) is 1. The molecule has 1 aromatic carbocycles. The summed E-state index contributed by atoms with van der Waals surface area (Å²) in [5, 5.41) is 7.94. The standard InChI is InChI=1S/C14H15F3N4O3/c1-2-8(7-18-12(22)11-19-13(23)21-20-11)24-10-6-4-3-5-9(10)14(15,16)17/h3-6,8H,2,7H2,1H3,(H,18,22)(H2,19,20,21,23). The summed E-state index contributed by atoms with van der Waals surface area (Å²) in [6.45, 7) is 1.67. The molecule has 0 aliphatic rings. The van der Waals surface area contributed by atoms with Gasteiger partial charge in [0.15, 0.2) is 0 Å². The van der Waals surface area contributed by atoms with Crippen molar-refractivity contribution in [3.8, 4) is 5.75 Å². The fourth-order valence-electron chi connectivity index (χ4n) is 1.92. The quantitative estimate of drug-likeness (QED) is 0.743. The van der Waals surface area contributed by atoms with Gasteiger partial charge < -0.3 is 10.1 Å². The van der Waals surface area contributed by atoms with Crippen LogP contribution in [0, 0.1) is 0 Å². The topological polar surface area (TPSA) is 99.9 Å². The highest BCUT2D eigenvalue weighted by Crippen LogP contribution is 2.36. The zero-order valence-electron chi connectivity index (χ0n) is 12.6. The van der Waals surface area contributed by atoms with Gasteiger partial charge in [0, 0.05) is 0 Å². The largest absolute Gasteiger partial charge is 0.488 e. The van der Waals surface area contributed by atoms with Crippen LogP contribution in [0.4, 0.5) is 13.2 Å². The van der Waals surface area contributed by atoms with E-state index in [9.17, 15) is 22.8 Å². The summed E-state index contributed by atoms with van der Waals surface area (Å²) in [5.74, 6) is -1.19. The van der Waals surface area contributed by atoms with Crippen LogP contribution in [0.15, 0.2) is 29.1 Å². The maximum Gasteiger partial charge on any atom is 0.419 e. The average Bonchev–Trinajstić information content (AvgIpc) is 2.97. The molecule has 0 saturated heterocycles. The Morgan fingerprint density at radius 1 is 1.38 bits per heavy atom. The van der Waals surface area contributed by atoms with Gasteiger partial charge in [0.05, 0.1) is 12.1 Å². The van der Waals surface area contributed by atoms with Crippen LogP contribution >= 0.6 is 0 Å². The Balaban J connectivity index is 2.03. The van der Waals surface area contributed by atoms with Crippen LogP contribution in [0.25, 0.3) is 0 Å². The molecule has 0 bridgehead atoms. The minimum Gasteiger partial charge on any atom is -0.488 e. The van der Waals surface area contributed by atoms with Crippen molar-refractivity contribution >= 4 is 5.91 Å². The van der Waals surface area contributed by atoms with Crippen molar-refractivity contribution in [3.05, 3.63) is 46.1 Å². The second-order valence-electron chi connectivity index (χ2n) is 4.88. The normalized spacial score (nSPS) is 12.7. The first-order valence-corrected chi connectivity index (χ1v) is 7.07. The Hall–Kier alpha value is -2.78. The number of aromatic nitrogens is 3. The van der Waals surface area contributed by atoms with Crippen molar-refractivity contribution in [2.75, 3.05) is 6.54 Å². The Labute approximate surface area is 134 Å². The van der Waals surface area contributed by atoms with Gasteiger partial charge in [0.25, 0.3) is 5.91 Å². The van der Waals surface area contributed by atoms with Crippen LogP contribution in [0.2, 0.25) is 0 Å². The highest BCUT2D eigenvalue weighted by molar-refractivity contribution is 5.90. The number of nitrogens with one attached hydrogen (secondary N) is 3. The number of hydrogen-bond donors (Lipinski definition) is 3. The molecule has 0 aliphatic heterocycles. The summed E-state index contributed by atoms with van der Waals surface area (Å²) in [7, 11) is 0. The van der Waals surface area contributed by atoms with Gasteiger partial charge in [0.1, 0.15) is 11.9 Å². The number of benzene rings is 1. The van der Waals surface area contributed by atoms with E-state index in [0.29, 0.717) is 6.42 Å². The molecule has 3 N–H and O–H groups in total. The minimum atomic E-state index is -4.54. The molecule has 2 rings (SSSR count). The Bertz CT molecular complexity index is 754. The predicted octanol–water partition coefficient (Wildman–Crippen LogP) is 1.70. The van der Waals surface area contributed by atoms with E-state index in [1.165, 1.54) is 18.2 Å². The maximum absolute atomic E-state index is 12.9. The van der Waals surface area contributed by atoms with E-state index >= 15 is 0 Å². The molecular weight excluding hydrogens is 329 g/mol. The van der Waals surface area contributed by atoms with E-state index in [-0.39, 0.29) is 18.1 Å². The van der Waals surface area contributed by atoms with Crippen molar-refractivity contribution in [2.45, 2.75) is 25.6 Å². The van der Waals surface area contributed by atoms with E-state index < -0.39 is 29.4 Å². The first-order valence-electron chi connectivity index (χ1n) is 7.07. The van der Waals surface area contributed by atoms with Crippen molar-refractivity contribution in [1.29, 1.82) is 0 Å². The second-order valence-corrected chi connectivity index (χ2v) is 4.88. The number of nitrogens with zero attached hydrogens (tertiary/aromatic N) is 1. The lowest BCUT2D eigenvalue weighted by Gasteiger charge is -2.20. The highest BCUT2D eigenvalue weighted by atomic mass is 19.4. The first-order chi connectivity index (χ1) is 11.3. The van der Waals surface area contributed by atoms with Crippen LogP contribution in [-0.2, 0) is 6.18 Å². The molecule has 130 valence electrons. The smallest absolute Gasteiger partial charge is 0.419 e. The molecule has 1 atom stereocenters. The molecule has 7 nitrogen and oxygen atoms in total. The van der Waals surface area contributed by atoms with Crippen LogP contribution in [0.3, 0.4) is 0 Å². The number of aromatic amines is 2. The van der Waals surface area contributed by atoms with Gasteiger partial charge in [-0.15, -0.1) is 5.10 Å². The van der Waals surface area contributed by atoms with Gasteiger partial charge in [-0.25, -0.2) is 9.89 Å². The lowest BCUT2D eigenvalue weighted by atomic mass is 10.2. The molecule has 0 fully saturated rings. The third-order valence-electron chi connectivity index (χ3n) is 3.15. The Morgan fingerprint density at radius 3 is 2.67 bits per heavy atom. The summed E-state index contributed by atoms with van der Waals surface area (Å²) in [6.07, 6.45) is -4.85. The van der Waals surface area contributed by atoms with Crippen LogP contribution in [0.5, 0.6) is 5.75 Å². The number of H-pyrrole nitrogens is 2. The third kappa shape index (κ3) is 4.37. The average molecular weight is 344 g/mol. The minimum absolute atomic E-state index is 0.0452. The van der Waals surface area contributed by atoms with Crippen molar-refractivity contribution < 1.29 is 22.7 Å². The lowest BCUT2D eigenvalue weighted by molar-refractivity contribution is -0.139. The van der Waals surface area contributed by atoms with Gasteiger partial charge >= 0.3 is 11.9 Å². The van der Waals surface area contributed by atoms with E-state index in [0.717, 1.165) is 6.07 Å². The molecule has 24 heavy (non-hydrogen) atoms. The van der Waals surface area contributed by atoms with Gasteiger partial charge in [-0.05, 0) is 18.6 Å². The summed E-state index contributed by atoms with van der Waals surface area (Å²) in [5.41, 5.74) is -1.52. The predicted molar refractivity (Wildman–Crippen MR) is 77.7 cm³/mol. The SMILES string of the molecule is CCC(CNC(=O)c1n[nH]c(=O)[nH]1)Oc1ccccc1C(F)(F)F. The summed E-state index contributed by atoms with van der Waals surface area (Å²) < 4.78 is 44.2. The fourth-order valence-corrected chi connectivity index (χ4v) is 1.92. The molecular formula is C14H15F3N4O3. The van der Waals surface area contributed by atoms with Gasteiger partial charge in [-0.3, -0.25) is 9.78 Å². The van der Waals surface area contributed by atoms with E-state index in [2.05, 4.69) is 15.4 Å². The number of halogens is 3. The molecule has 0 radical (unpaired) electrons. The molecule has 10 heteroatoms. The molecule has 0 spiro atoms. The molecule has 1 amide bonds. The van der Waals surface area contributed by atoms with Crippen molar-refractivity contribution in [2.24, 2.45) is 0 Å². The molecule has 1 unspecified atom stereocenters. The highest BCUT2D eigenvalue weighted by Gasteiger charge is 2.34. The van der Waals surface area contributed by atoms with Crippen LogP contribution < -0.4 is 15.7 Å². The zero-order chi connectivity index (χ0) is 17.7. The molecule has 1 heterocycles. The number of amides is 1. The number of carbonyl (C=O) groups is 1. The van der Waals surface area contributed by atoms with Crippen LogP contribution in [0.1, 0.15) is 29.5 Å². The van der Waals surface area contributed by atoms with Gasteiger partial charge in [-0.1, -0.05) is 19.1 Å². The Kier molecular flexibility index (Phi) is 5.27. The summed E-state index contributed by atoms with van der Waals surface area (Å²) in [6, 6.07) is 4.85. The molecule has 2 aromatic rings. The van der Waals surface area contributed by atoms with Crippen LogP contribution in [-0.4, -0.2) is 33.7 Å². The van der Waals surface area contributed by atoms with Crippen molar-refractivity contribution in [3.63, 3.8) is 0 Å². The zero-order valence-corrected chi connectivity index (χ0v) is 12.6. The van der Waals surface area contributed by atoms with E-state index in [1.54, 1.807) is 6.92 Å². The molecule has 0 saturated carbocycles. The van der Waals surface area contributed by atoms with E-state index in [4.69, 9.17) is 4.74 Å². The van der Waals surface area contributed by atoms with Gasteiger partial charge in [-0.2, -0.15) is 13.2 Å². The molecule has 1 aromatic heterocycles. The van der Waals surface area contributed by atoms with Crippen molar-refractivity contribution in [1.82, 2.24) is 20.5 Å². The summed E-state index contributed by atoms with van der Waals surface area (Å²) in [4.78, 5) is 24.8. The number of carbonyl (C=O) groups excluding carboxylic acids is 1. The molecule has 0 aliphatic carbocycles. The van der Waals surface area contributed by atoms with Gasteiger partial charge in [0.2, 0.25) is 5.82 Å². The van der Waals surface area contributed by atoms with E-state index in [1.807, 2.05) is 5.10 Å².